The second-order valence-corrected chi connectivity index (χ2v) is 9.63. The molecule has 0 spiro atoms. The van der Waals surface area contributed by atoms with Gasteiger partial charge in [-0.1, -0.05) is 75.7 Å². The van der Waals surface area contributed by atoms with E-state index in [2.05, 4.69) is 61.8 Å². The minimum atomic E-state index is -0.414. The lowest BCUT2D eigenvalue weighted by molar-refractivity contribution is 0.494. The van der Waals surface area contributed by atoms with Gasteiger partial charge >= 0.3 is 5.69 Å². The summed E-state index contributed by atoms with van der Waals surface area (Å²) >= 11 is 0. The van der Waals surface area contributed by atoms with Crippen molar-refractivity contribution < 1.29 is 0 Å². The molecule has 0 saturated carbocycles. The fraction of sp³-hybridized carbons (Fsp3) is 0.333. The highest BCUT2D eigenvalue weighted by Gasteiger charge is 2.19. The molecule has 0 amide bonds. The molecule has 5 aromatic rings. The third-order valence-corrected chi connectivity index (χ3v) is 6.39. The fourth-order valence-corrected chi connectivity index (χ4v) is 4.60. The van der Waals surface area contributed by atoms with Crippen LogP contribution in [0.3, 0.4) is 0 Å². The molecule has 3 aromatic heterocycles. The molecular weight excluding hydrogens is 468 g/mol. The van der Waals surface area contributed by atoms with Gasteiger partial charge in [0.05, 0.1) is 0 Å². The molecule has 0 unspecified atom stereocenters. The van der Waals surface area contributed by atoms with Crippen LogP contribution >= 0.6 is 0 Å². The molecule has 0 fully saturated rings. The van der Waals surface area contributed by atoms with Crippen LogP contribution in [-0.2, 0) is 19.5 Å². The van der Waals surface area contributed by atoms with Crippen molar-refractivity contribution in [2.75, 3.05) is 0 Å². The largest absolute Gasteiger partial charge is 0.330 e. The molecule has 0 aliphatic heterocycles. The van der Waals surface area contributed by atoms with Crippen molar-refractivity contribution >= 4 is 11.2 Å². The summed E-state index contributed by atoms with van der Waals surface area (Å²) in [5.41, 5.74) is 4.02. The van der Waals surface area contributed by atoms with Crippen LogP contribution in [0.25, 0.3) is 33.7 Å². The fourth-order valence-electron chi connectivity index (χ4n) is 4.60. The lowest BCUT2D eigenvalue weighted by Crippen LogP contribution is -2.37. The number of aromatic amines is 2. The number of nitrogens with one attached hydrogen (secondary N) is 2. The van der Waals surface area contributed by atoms with E-state index in [1.807, 2.05) is 42.7 Å². The number of benzene rings is 2. The van der Waals surface area contributed by atoms with Crippen LogP contribution in [0.1, 0.15) is 45.0 Å². The number of imidazole rings is 1. The maximum absolute atomic E-state index is 13.4. The first-order valence-corrected chi connectivity index (χ1v) is 12.6. The number of nitrogens with zero attached hydrogens (tertiary/aromatic N) is 6. The van der Waals surface area contributed by atoms with Gasteiger partial charge < -0.3 is 4.57 Å². The maximum atomic E-state index is 13.4. The van der Waals surface area contributed by atoms with Crippen molar-refractivity contribution in [3.8, 4) is 22.5 Å². The molecule has 0 saturated heterocycles. The summed E-state index contributed by atoms with van der Waals surface area (Å²) in [6.45, 7) is 6.92. The number of hydrogen-bond acceptors (Lipinski definition) is 6. The maximum Gasteiger partial charge on any atom is 0.330 e. The summed E-state index contributed by atoms with van der Waals surface area (Å²) < 4.78 is 3.25. The molecular formula is C27H30N8O2. The van der Waals surface area contributed by atoms with E-state index in [0.29, 0.717) is 30.1 Å². The topological polar surface area (TPSA) is 127 Å². The van der Waals surface area contributed by atoms with Crippen LogP contribution in [0.4, 0.5) is 0 Å². The van der Waals surface area contributed by atoms with Crippen LogP contribution < -0.4 is 11.2 Å². The highest BCUT2D eigenvalue weighted by atomic mass is 16.2. The van der Waals surface area contributed by atoms with Crippen LogP contribution in [0, 0.1) is 5.92 Å². The van der Waals surface area contributed by atoms with Gasteiger partial charge in [-0.15, -0.1) is 10.2 Å². The summed E-state index contributed by atoms with van der Waals surface area (Å²) in [4.78, 5) is 33.5. The molecule has 0 radical (unpaired) electrons. The summed E-state index contributed by atoms with van der Waals surface area (Å²) in [7, 11) is 0. The molecule has 2 N–H and O–H groups in total. The molecule has 3 heterocycles. The molecule has 10 heteroatoms. The summed E-state index contributed by atoms with van der Waals surface area (Å²) in [6.07, 6.45) is 2.68. The Morgan fingerprint density at radius 1 is 0.973 bits per heavy atom. The van der Waals surface area contributed by atoms with Gasteiger partial charge in [0.15, 0.2) is 11.2 Å². The Hall–Kier alpha value is -4.34. The average molecular weight is 499 g/mol. The Kier molecular flexibility index (Phi) is 6.80. The Balaban J connectivity index is 1.54. The Bertz CT molecular complexity index is 1630. The van der Waals surface area contributed by atoms with Gasteiger partial charge in [-0.2, -0.15) is 5.21 Å². The predicted octanol–water partition coefficient (Wildman–Crippen LogP) is 3.78. The second-order valence-electron chi connectivity index (χ2n) is 9.63. The van der Waals surface area contributed by atoms with Gasteiger partial charge in [0.25, 0.3) is 5.56 Å². The number of unbranched alkanes of at least 4 members (excludes halogenated alkanes) is 1. The molecule has 10 nitrogen and oxygen atoms in total. The van der Waals surface area contributed by atoms with Crippen molar-refractivity contribution in [3.05, 3.63) is 80.8 Å². The summed E-state index contributed by atoms with van der Waals surface area (Å²) in [5.74, 6) is 1.50. The Morgan fingerprint density at radius 2 is 1.73 bits per heavy atom. The highest BCUT2D eigenvalue weighted by Crippen LogP contribution is 2.30. The first-order chi connectivity index (χ1) is 18.0. The van der Waals surface area contributed by atoms with Crippen LogP contribution in [-0.4, -0.2) is 39.7 Å². The van der Waals surface area contributed by atoms with Crippen molar-refractivity contribution in [2.24, 2.45) is 5.92 Å². The molecule has 0 aliphatic carbocycles. The molecule has 2 aromatic carbocycles. The lowest BCUT2D eigenvalue weighted by Gasteiger charge is -2.12. The zero-order chi connectivity index (χ0) is 25.9. The number of tetrazole rings is 1. The van der Waals surface area contributed by atoms with E-state index in [0.717, 1.165) is 47.3 Å². The van der Waals surface area contributed by atoms with Gasteiger partial charge in [-0.3, -0.25) is 14.3 Å². The number of rotatable bonds is 9. The zero-order valence-corrected chi connectivity index (χ0v) is 21.2. The standard InChI is InChI=1S/C27H30N8O2/c1-4-5-10-22-28-25-23(26(36)35(15-17(2)3)27(37)29-25)34(22)16-18-11-13-19(14-12-18)20-8-6-7-9-21(20)24-30-32-33-31-24/h6-9,11-14,17H,4-5,10,15-16H2,1-3H3,(H,29,37)(H,30,31,32,33). The van der Waals surface area contributed by atoms with Crippen LogP contribution in [0.5, 0.6) is 0 Å². The van der Waals surface area contributed by atoms with Gasteiger partial charge in [0.1, 0.15) is 5.82 Å². The number of aryl methyl sites for hydroxylation is 1. The van der Waals surface area contributed by atoms with E-state index in [4.69, 9.17) is 0 Å². The second kappa shape index (κ2) is 10.3. The van der Waals surface area contributed by atoms with Crippen LogP contribution in [0.2, 0.25) is 0 Å². The number of fused-ring (bicyclic) bond motifs is 1. The molecule has 37 heavy (non-hydrogen) atoms. The first kappa shape index (κ1) is 24.4. The van der Waals surface area contributed by atoms with Crippen molar-refractivity contribution in [1.82, 2.24) is 39.7 Å². The zero-order valence-electron chi connectivity index (χ0n) is 21.2. The monoisotopic (exact) mass is 498 g/mol. The highest BCUT2D eigenvalue weighted by molar-refractivity contribution is 5.80. The van der Waals surface area contributed by atoms with Gasteiger partial charge in [-0.05, 0) is 34.2 Å². The van der Waals surface area contributed by atoms with Gasteiger partial charge in [0, 0.05) is 25.1 Å². The predicted molar refractivity (Wildman–Crippen MR) is 142 cm³/mol. The summed E-state index contributed by atoms with van der Waals surface area (Å²) in [6, 6.07) is 16.1. The molecule has 190 valence electrons. The Morgan fingerprint density at radius 3 is 2.41 bits per heavy atom. The van der Waals surface area contributed by atoms with E-state index < -0.39 is 5.69 Å². The third-order valence-electron chi connectivity index (χ3n) is 6.39. The van der Waals surface area contributed by atoms with E-state index in [1.165, 1.54) is 4.57 Å². The SMILES string of the molecule is CCCCc1nc2[nH]c(=O)n(CC(C)C)c(=O)c2n1Cc1ccc(-c2ccccc2-c2nn[nH]n2)cc1. The van der Waals surface area contributed by atoms with E-state index in [-0.39, 0.29) is 11.5 Å². The molecule has 0 aliphatic rings. The van der Waals surface area contributed by atoms with Crippen molar-refractivity contribution in [3.63, 3.8) is 0 Å². The minimum absolute atomic E-state index is 0.162. The van der Waals surface area contributed by atoms with Gasteiger partial charge in [0.2, 0.25) is 5.82 Å². The normalized spacial score (nSPS) is 11.6. The van der Waals surface area contributed by atoms with Crippen molar-refractivity contribution in [2.45, 2.75) is 53.1 Å². The van der Waals surface area contributed by atoms with E-state index >= 15 is 0 Å². The van der Waals surface area contributed by atoms with E-state index in [1.54, 1.807) is 0 Å². The smallest absolute Gasteiger partial charge is 0.318 e. The summed E-state index contributed by atoms with van der Waals surface area (Å²) in [5, 5.41) is 14.4. The van der Waals surface area contributed by atoms with E-state index in [9.17, 15) is 9.59 Å². The molecule has 0 atom stereocenters. The average Bonchev–Trinajstić information content (AvgIpc) is 3.54. The molecule has 5 rings (SSSR count). The molecule has 0 bridgehead atoms. The van der Waals surface area contributed by atoms with Gasteiger partial charge in [-0.25, -0.2) is 9.78 Å². The number of hydrogen-bond donors (Lipinski definition) is 2. The Labute approximate surface area is 213 Å². The first-order valence-electron chi connectivity index (χ1n) is 12.6. The quantitative estimate of drug-likeness (QED) is 0.318. The van der Waals surface area contributed by atoms with Crippen LogP contribution in [0.15, 0.2) is 58.1 Å². The third kappa shape index (κ3) is 4.87. The lowest BCUT2D eigenvalue weighted by atomic mass is 9.98. The minimum Gasteiger partial charge on any atom is -0.318 e. The number of H-pyrrole nitrogens is 2. The van der Waals surface area contributed by atoms with Crippen molar-refractivity contribution in [1.29, 1.82) is 0 Å². The number of aromatic nitrogens is 8.